The lowest BCUT2D eigenvalue weighted by molar-refractivity contribution is -0.147. The fourth-order valence-electron chi connectivity index (χ4n) is 2.46. The third-order valence-corrected chi connectivity index (χ3v) is 4.03. The highest BCUT2D eigenvalue weighted by Crippen LogP contribution is 2.16. The molecule has 128 valence electrons. The predicted molar refractivity (Wildman–Crippen MR) is 88.3 cm³/mol. The molecule has 0 atom stereocenters. The molecule has 1 heterocycles. The van der Waals surface area contributed by atoms with Crippen LogP contribution in [0.4, 0.5) is 0 Å². The van der Waals surface area contributed by atoms with E-state index in [1.54, 1.807) is 13.8 Å². The van der Waals surface area contributed by atoms with Gasteiger partial charge in [0.15, 0.2) is 0 Å². The first-order chi connectivity index (χ1) is 11.4. The molecular weight excluding hydrogens is 308 g/mol. The molecule has 0 unspecified atom stereocenters. The van der Waals surface area contributed by atoms with Gasteiger partial charge in [-0.05, 0) is 31.9 Å². The summed E-state index contributed by atoms with van der Waals surface area (Å²) in [7, 11) is 1.31. The minimum Gasteiger partial charge on any atom is -0.468 e. The van der Waals surface area contributed by atoms with E-state index in [1.807, 2.05) is 31.2 Å². The largest absolute Gasteiger partial charge is 0.468 e. The van der Waals surface area contributed by atoms with Crippen LogP contribution in [0.3, 0.4) is 0 Å². The Morgan fingerprint density at radius 1 is 1.21 bits per heavy atom. The van der Waals surface area contributed by atoms with Crippen molar-refractivity contribution in [2.75, 3.05) is 13.7 Å². The second kappa shape index (κ2) is 7.77. The molecule has 0 bridgehead atoms. The van der Waals surface area contributed by atoms with Gasteiger partial charge in [0.05, 0.1) is 19.2 Å². The zero-order valence-corrected chi connectivity index (χ0v) is 14.5. The maximum absolute atomic E-state index is 12.7. The number of amides is 1. The number of carbonyl (C=O) groups excluding carboxylic acids is 2. The minimum absolute atomic E-state index is 0.0902. The molecule has 0 radical (unpaired) electrons. The van der Waals surface area contributed by atoms with Crippen LogP contribution in [-0.2, 0) is 27.3 Å². The fourth-order valence-corrected chi connectivity index (χ4v) is 2.46. The van der Waals surface area contributed by atoms with Crippen LogP contribution in [0, 0.1) is 20.8 Å². The van der Waals surface area contributed by atoms with E-state index >= 15 is 0 Å². The molecule has 0 aliphatic carbocycles. The van der Waals surface area contributed by atoms with Crippen molar-refractivity contribution < 1.29 is 18.8 Å². The molecule has 2 aromatic rings. The van der Waals surface area contributed by atoms with Crippen LogP contribution >= 0.6 is 0 Å². The monoisotopic (exact) mass is 330 g/mol. The van der Waals surface area contributed by atoms with E-state index in [1.165, 1.54) is 12.0 Å². The van der Waals surface area contributed by atoms with Gasteiger partial charge in [0, 0.05) is 12.1 Å². The zero-order chi connectivity index (χ0) is 17.7. The summed E-state index contributed by atoms with van der Waals surface area (Å²) in [6.07, 6.45) is 0.143. The number of hydrogen-bond acceptors (Lipinski definition) is 5. The fraction of sp³-hybridized carbons (Fsp3) is 0.389. The first-order valence-electron chi connectivity index (χ1n) is 7.73. The van der Waals surface area contributed by atoms with Gasteiger partial charge in [-0.3, -0.25) is 9.59 Å². The number of aromatic nitrogens is 1. The number of aryl methyl sites for hydroxylation is 3. The van der Waals surface area contributed by atoms with Crippen molar-refractivity contribution in [1.82, 2.24) is 10.1 Å². The van der Waals surface area contributed by atoms with Crippen LogP contribution in [0.2, 0.25) is 0 Å². The first kappa shape index (κ1) is 17.7. The van der Waals surface area contributed by atoms with E-state index in [4.69, 9.17) is 9.26 Å². The molecule has 1 aromatic heterocycles. The SMILES string of the molecule is COC(=O)CN(Cc1ccccc1C)C(=O)Cc1c(C)noc1C. The molecule has 0 N–H and O–H groups in total. The Morgan fingerprint density at radius 3 is 2.50 bits per heavy atom. The van der Waals surface area contributed by atoms with Gasteiger partial charge in [0.2, 0.25) is 5.91 Å². The molecule has 0 fully saturated rings. The molecule has 0 spiro atoms. The normalized spacial score (nSPS) is 10.5. The van der Waals surface area contributed by atoms with Crippen LogP contribution in [0.1, 0.15) is 28.1 Å². The number of ether oxygens (including phenoxy) is 1. The van der Waals surface area contributed by atoms with Crippen LogP contribution in [0.15, 0.2) is 28.8 Å². The van der Waals surface area contributed by atoms with Crippen molar-refractivity contribution in [3.05, 3.63) is 52.4 Å². The lowest BCUT2D eigenvalue weighted by Gasteiger charge is -2.22. The third-order valence-electron chi connectivity index (χ3n) is 4.03. The molecule has 1 amide bonds. The molecule has 6 nitrogen and oxygen atoms in total. The van der Waals surface area contributed by atoms with Crippen molar-refractivity contribution in [3.63, 3.8) is 0 Å². The zero-order valence-electron chi connectivity index (χ0n) is 14.5. The molecule has 0 saturated carbocycles. The van der Waals surface area contributed by atoms with E-state index < -0.39 is 5.97 Å². The summed E-state index contributed by atoms with van der Waals surface area (Å²) in [6.45, 7) is 5.81. The maximum atomic E-state index is 12.7. The van der Waals surface area contributed by atoms with Gasteiger partial charge in [0.25, 0.3) is 0 Å². The second-order valence-corrected chi connectivity index (χ2v) is 5.73. The summed E-state index contributed by atoms with van der Waals surface area (Å²) in [5, 5.41) is 3.87. The van der Waals surface area contributed by atoms with Crippen LogP contribution < -0.4 is 0 Å². The lowest BCUT2D eigenvalue weighted by Crippen LogP contribution is -2.37. The topological polar surface area (TPSA) is 72.6 Å². The average molecular weight is 330 g/mol. The van der Waals surface area contributed by atoms with E-state index in [2.05, 4.69) is 5.16 Å². The first-order valence-corrected chi connectivity index (χ1v) is 7.73. The van der Waals surface area contributed by atoms with Crippen LogP contribution in [0.25, 0.3) is 0 Å². The Kier molecular flexibility index (Phi) is 5.73. The van der Waals surface area contributed by atoms with Gasteiger partial charge in [0.1, 0.15) is 12.3 Å². The number of carbonyl (C=O) groups is 2. The highest BCUT2D eigenvalue weighted by Gasteiger charge is 2.22. The second-order valence-electron chi connectivity index (χ2n) is 5.73. The van der Waals surface area contributed by atoms with Gasteiger partial charge >= 0.3 is 5.97 Å². The smallest absolute Gasteiger partial charge is 0.325 e. The van der Waals surface area contributed by atoms with Crippen molar-refractivity contribution in [3.8, 4) is 0 Å². The van der Waals surface area contributed by atoms with E-state index in [0.717, 1.165) is 16.7 Å². The standard InChI is InChI=1S/C18H22N2O4/c1-12-7-5-6-8-15(12)10-20(11-18(22)23-4)17(21)9-16-13(2)19-24-14(16)3/h5-8H,9-11H2,1-4H3. The number of esters is 1. The molecule has 1 aromatic carbocycles. The van der Waals surface area contributed by atoms with Gasteiger partial charge in [-0.2, -0.15) is 0 Å². The highest BCUT2D eigenvalue weighted by molar-refractivity contribution is 5.83. The number of benzene rings is 1. The highest BCUT2D eigenvalue weighted by atomic mass is 16.5. The van der Waals surface area contributed by atoms with Crippen LogP contribution in [0.5, 0.6) is 0 Å². The lowest BCUT2D eigenvalue weighted by atomic mass is 10.1. The summed E-state index contributed by atoms with van der Waals surface area (Å²) >= 11 is 0. The summed E-state index contributed by atoms with van der Waals surface area (Å²) in [6, 6.07) is 7.78. The number of methoxy groups -OCH3 is 1. The van der Waals surface area contributed by atoms with Crippen molar-refractivity contribution in [2.24, 2.45) is 0 Å². The Balaban J connectivity index is 2.20. The van der Waals surface area contributed by atoms with Crippen molar-refractivity contribution in [1.29, 1.82) is 0 Å². The Morgan fingerprint density at radius 2 is 1.92 bits per heavy atom. The number of rotatable bonds is 6. The number of hydrogen-bond donors (Lipinski definition) is 0. The van der Waals surface area contributed by atoms with Crippen LogP contribution in [-0.4, -0.2) is 35.6 Å². The molecular formula is C18H22N2O4. The molecule has 6 heteroatoms. The van der Waals surface area contributed by atoms with E-state index in [-0.39, 0.29) is 18.9 Å². The maximum Gasteiger partial charge on any atom is 0.325 e. The molecule has 0 saturated heterocycles. The summed E-state index contributed by atoms with van der Waals surface area (Å²) in [4.78, 5) is 25.9. The number of nitrogens with zero attached hydrogens (tertiary/aromatic N) is 2. The minimum atomic E-state index is -0.448. The molecule has 0 aliphatic rings. The summed E-state index contributed by atoms with van der Waals surface area (Å²) in [5.74, 6) is 0.00325. The third kappa shape index (κ3) is 4.22. The van der Waals surface area contributed by atoms with Gasteiger partial charge in [-0.25, -0.2) is 0 Å². The summed E-state index contributed by atoms with van der Waals surface area (Å²) in [5.41, 5.74) is 3.51. The average Bonchev–Trinajstić information content (AvgIpc) is 2.87. The Hall–Kier alpha value is -2.63. The molecule has 24 heavy (non-hydrogen) atoms. The van der Waals surface area contributed by atoms with E-state index in [0.29, 0.717) is 18.0 Å². The van der Waals surface area contributed by atoms with E-state index in [9.17, 15) is 9.59 Å². The molecule has 0 aliphatic heterocycles. The predicted octanol–water partition coefficient (Wildman–Crippen LogP) is 2.34. The summed E-state index contributed by atoms with van der Waals surface area (Å²) < 4.78 is 9.82. The quantitative estimate of drug-likeness (QED) is 0.760. The van der Waals surface area contributed by atoms with Gasteiger partial charge in [-0.15, -0.1) is 0 Å². The Bertz CT molecular complexity index is 717. The Labute approximate surface area is 141 Å². The van der Waals surface area contributed by atoms with Gasteiger partial charge < -0.3 is 14.2 Å². The van der Waals surface area contributed by atoms with Crippen molar-refractivity contribution >= 4 is 11.9 Å². The van der Waals surface area contributed by atoms with Gasteiger partial charge in [-0.1, -0.05) is 29.4 Å². The molecule has 2 rings (SSSR count). The van der Waals surface area contributed by atoms with Crippen molar-refractivity contribution in [2.45, 2.75) is 33.7 Å².